The van der Waals surface area contributed by atoms with Crippen molar-refractivity contribution in [1.29, 1.82) is 0 Å². The number of aromatic nitrogens is 1. The normalized spacial score (nSPS) is 12.6. The van der Waals surface area contributed by atoms with Crippen molar-refractivity contribution in [2.75, 3.05) is 11.9 Å². The number of aliphatic carboxylic acids is 1. The van der Waals surface area contributed by atoms with Crippen LogP contribution in [0.4, 0.5) is 10.5 Å². The minimum Gasteiger partial charge on any atom is -0.481 e. The lowest BCUT2D eigenvalue weighted by atomic mass is 9.84. The number of amides is 2. The number of carbonyl (C=O) groups is 2. The highest BCUT2D eigenvalue weighted by Gasteiger charge is 2.24. The van der Waals surface area contributed by atoms with Crippen LogP contribution >= 0.6 is 0 Å². The number of rotatable bonds is 5. The second-order valence-electron chi connectivity index (χ2n) is 5.88. The molecule has 0 saturated carbocycles. The summed E-state index contributed by atoms with van der Waals surface area (Å²) in [6, 6.07) is 2.98. The Morgan fingerprint density at radius 3 is 2.60 bits per heavy atom. The maximum Gasteiger partial charge on any atom is 0.319 e. The number of hydrogen-bond donors (Lipinski definition) is 3. The zero-order valence-corrected chi connectivity index (χ0v) is 12.0. The van der Waals surface area contributed by atoms with E-state index in [1.165, 1.54) is 6.20 Å². The highest BCUT2D eigenvalue weighted by Crippen LogP contribution is 2.24. The summed E-state index contributed by atoms with van der Waals surface area (Å²) in [6.45, 7) is 6.01. The number of nitrogens with one attached hydrogen (secondary N) is 2. The molecule has 0 spiro atoms. The number of carbonyl (C=O) groups excluding carboxylic acids is 1. The largest absolute Gasteiger partial charge is 0.481 e. The van der Waals surface area contributed by atoms with E-state index in [9.17, 15) is 9.59 Å². The molecule has 1 aromatic heterocycles. The summed E-state index contributed by atoms with van der Waals surface area (Å²) in [5, 5.41) is 14.3. The summed E-state index contributed by atoms with van der Waals surface area (Å²) in [4.78, 5) is 26.7. The van der Waals surface area contributed by atoms with Crippen molar-refractivity contribution in [3.05, 3.63) is 24.5 Å². The van der Waals surface area contributed by atoms with Gasteiger partial charge in [0.25, 0.3) is 0 Å². The molecule has 0 aliphatic heterocycles. The molecule has 0 aliphatic rings. The van der Waals surface area contributed by atoms with E-state index in [0.717, 1.165) is 0 Å². The van der Waals surface area contributed by atoms with Crippen LogP contribution in [0.15, 0.2) is 24.5 Å². The average Bonchev–Trinajstić information content (AvgIpc) is 2.34. The lowest BCUT2D eigenvalue weighted by Crippen LogP contribution is -2.37. The van der Waals surface area contributed by atoms with E-state index in [0.29, 0.717) is 12.1 Å². The zero-order valence-electron chi connectivity index (χ0n) is 12.0. The summed E-state index contributed by atoms with van der Waals surface area (Å²) in [5.74, 6) is -1.50. The van der Waals surface area contributed by atoms with Gasteiger partial charge < -0.3 is 15.7 Å². The van der Waals surface area contributed by atoms with Crippen LogP contribution < -0.4 is 10.6 Å². The number of nitrogens with zero attached hydrogens (tertiary/aromatic N) is 1. The Morgan fingerprint density at radius 1 is 1.40 bits per heavy atom. The zero-order chi connectivity index (χ0) is 15.2. The van der Waals surface area contributed by atoms with Crippen LogP contribution in [0, 0.1) is 11.3 Å². The SMILES string of the molecule is CC(C)(C)CC(CNC(=O)Nc1cccnc1)C(=O)O. The minimum atomic E-state index is -0.901. The summed E-state index contributed by atoms with van der Waals surface area (Å²) in [7, 11) is 0. The van der Waals surface area contributed by atoms with Crippen molar-refractivity contribution in [2.24, 2.45) is 11.3 Å². The second kappa shape index (κ2) is 6.88. The van der Waals surface area contributed by atoms with Crippen LogP contribution in [0.25, 0.3) is 0 Å². The first-order valence-electron chi connectivity index (χ1n) is 6.45. The molecule has 1 atom stereocenters. The van der Waals surface area contributed by atoms with Crippen molar-refractivity contribution < 1.29 is 14.7 Å². The molecule has 6 nitrogen and oxygen atoms in total. The van der Waals surface area contributed by atoms with Gasteiger partial charge in [0.2, 0.25) is 0 Å². The van der Waals surface area contributed by atoms with Crippen molar-refractivity contribution in [3.63, 3.8) is 0 Å². The molecular formula is C14H21N3O3. The fraction of sp³-hybridized carbons (Fsp3) is 0.500. The third-order valence-electron chi connectivity index (χ3n) is 2.64. The van der Waals surface area contributed by atoms with Crippen LogP contribution in [0.3, 0.4) is 0 Å². The predicted octanol–water partition coefficient (Wildman–Crippen LogP) is 2.34. The van der Waals surface area contributed by atoms with E-state index in [1.807, 2.05) is 20.8 Å². The quantitative estimate of drug-likeness (QED) is 0.771. The fourth-order valence-electron chi connectivity index (χ4n) is 1.81. The Labute approximate surface area is 118 Å². The molecule has 1 heterocycles. The van der Waals surface area contributed by atoms with Crippen LogP contribution in [-0.4, -0.2) is 28.6 Å². The molecule has 0 saturated heterocycles. The molecule has 0 radical (unpaired) electrons. The minimum absolute atomic E-state index is 0.0959. The van der Waals surface area contributed by atoms with Gasteiger partial charge in [-0.1, -0.05) is 20.8 Å². The lowest BCUT2D eigenvalue weighted by molar-refractivity contribution is -0.142. The Morgan fingerprint density at radius 2 is 2.10 bits per heavy atom. The number of carboxylic acids is 1. The van der Waals surface area contributed by atoms with E-state index < -0.39 is 17.9 Å². The summed E-state index contributed by atoms with van der Waals surface area (Å²) < 4.78 is 0. The number of urea groups is 1. The first kappa shape index (κ1) is 15.9. The summed E-state index contributed by atoms with van der Waals surface area (Å²) in [6.07, 6.45) is 3.62. The molecule has 20 heavy (non-hydrogen) atoms. The fourth-order valence-corrected chi connectivity index (χ4v) is 1.81. The van der Waals surface area contributed by atoms with Crippen molar-refractivity contribution in [3.8, 4) is 0 Å². The average molecular weight is 279 g/mol. The molecule has 0 aromatic carbocycles. The van der Waals surface area contributed by atoms with Gasteiger partial charge in [-0.15, -0.1) is 0 Å². The molecule has 6 heteroatoms. The van der Waals surface area contributed by atoms with Crippen molar-refractivity contribution in [1.82, 2.24) is 10.3 Å². The van der Waals surface area contributed by atoms with Gasteiger partial charge in [-0.2, -0.15) is 0 Å². The molecule has 110 valence electrons. The Kier molecular flexibility index (Phi) is 5.49. The van der Waals surface area contributed by atoms with Gasteiger partial charge in [0.05, 0.1) is 17.8 Å². The van der Waals surface area contributed by atoms with Gasteiger partial charge >= 0.3 is 12.0 Å². The van der Waals surface area contributed by atoms with Gasteiger partial charge in [-0.3, -0.25) is 9.78 Å². The van der Waals surface area contributed by atoms with E-state index in [1.54, 1.807) is 18.3 Å². The number of anilines is 1. The summed E-state index contributed by atoms with van der Waals surface area (Å²) >= 11 is 0. The van der Waals surface area contributed by atoms with Gasteiger partial charge in [0.15, 0.2) is 0 Å². The first-order valence-corrected chi connectivity index (χ1v) is 6.45. The van der Waals surface area contributed by atoms with E-state index >= 15 is 0 Å². The number of carboxylic acid groups (broad SMARTS) is 1. The highest BCUT2D eigenvalue weighted by molar-refractivity contribution is 5.89. The molecule has 1 rings (SSSR count). The molecular weight excluding hydrogens is 258 g/mol. The second-order valence-corrected chi connectivity index (χ2v) is 5.88. The first-order chi connectivity index (χ1) is 9.28. The predicted molar refractivity (Wildman–Crippen MR) is 76.5 cm³/mol. The van der Waals surface area contributed by atoms with Crippen LogP contribution in [0.2, 0.25) is 0 Å². The molecule has 0 fully saturated rings. The van der Waals surface area contributed by atoms with Crippen LogP contribution in [-0.2, 0) is 4.79 Å². The Balaban J connectivity index is 2.47. The number of hydrogen-bond acceptors (Lipinski definition) is 3. The van der Waals surface area contributed by atoms with Crippen LogP contribution in [0.1, 0.15) is 27.2 Å². The third-order valence-corrected chi connectivity index (χ3v) is 2.64. The summed E-state index contributed by atoms with van der Waals surface area (Å²) in [5.41, 5.74) is 0.456. The molecule has 1 unspecified atom stereocenters. The van der Waals surface area contributed by atoms with E-state index in [2.05, 4.69) is 15.6 Å². The maximum absolute atomic E-state index is 11.7. The van der Waals surface area contributed by atoms with Crippen LogP contribution in [0.5, 0.6) is 0 Å². The topological polar surface area (TPSA) is 91.3 Å². The van der Waals surface area contributed by atoms with Gasteiger partial charge in [-0.05, 0) is 24.0 Å². The van der Waals surface area contributed by atoms with Crippen molar-refractivity contribution in [2.45, 2.75) is 27.2 Å². The molecule has 0 bridgehead atoms. The molecule has 2 amide bonds. The van der Waals surface area contributed by atoms with E-state index in [-0.39, 0.29) is 12.0 Å². The lowest BCUT2D eigenvalue weighted by Gasteiger charge is -2.23. The van der Waals surface area contributed by atoms with Crippen molar-refractivity contribution >= 4 is 17.7 Å². The highest BCUT2D eigenvalue weighted by atomic mass is 16.4. The van der Waals surface area contributed by atoms with E-state index in [4.69, 9.17) is 5.11 Å². The van der Waals surface area contributed by atoms with Gasteiger partial charge in [0, 0.05) is 12.7 Å². The maximum atomic E-state index is 11.7. The van der Waals surface area contributed by atoms with Gasteiger partial charge in [-0.25, -0.2) is 4.79 Å². The third kappa shape index (κ3) is 6.17. The Bertz CT molecular complexity index is 454. The molecule has 3 N–H and O–H groups in total. The monoisotopic (exact) mass is 279 g/mol. The molecule has 0 aliphatic carbocycles. The van der Waals surface area contributed by atoms with Gasteiger partial charge in [0.1, 0.15) is 0 Å². The Hall–Kier alpha value is -2.11. The number of pyridine rings is 1. The smallest absolute Gasteiger partial charge is 0.319 e. The molecule has 1 aromatic rings. The standard InChI is InChI=1S/C14H21N3O3/c1-14(2,3)7-10(12(18)19)8-16-13(20)17-11-5-4-6-15-9-11/h4-6,9-10H,7-8H2,1-3H3,(H,18,19)(H2,16,17,20).